The number of nitrogens with zero attached hydrogens (tertiary/aromatic N) is 4. The van der Waals surface area contributed by atoms with E-state index in [4.69, 9.17) is 0 Å². The van der Waals surface area contributed by atoms with Crippen LogP contribution in [0, 0.1) is 10.1 Å². The second kappa shape index (κ2) is 5.01. The molecule has 1 aromatic carbocycles. The van der Waals surface area contributed by atoms with Gasteiger partial charge in [0.15, 0.2) is 0 Å². The van der Waals surface area contributed by atoms with E-state index in [1.807, 2.05) is 30.3 Å². The van der Waals surface area contributed by atoms with Crippen molar-refractivity contribution in [2.45, 2.75) is 6.54 Å². The monoisotopic (exact) mass is 332 g/mol. The molecule has 0 aliphatic rings. The summed E-state index contributed by atoms with van der Waals surface area (Å²) >= 11 is 3.14. The first-order valence-corrected chi connectivity index (χ1v) is 6.64. The molecule has 3 aromatic rings. The van der Waals surface area contributed by atoms with Gasteiger partial charge in [0.1, 0.15) is 4.47 Å². The Morgan fingerprint density at radius 3 is 2.85 bits per heavy atom. The fraction of sp³-hybridized carbons (Fsp3) is 0.0769. The number of benzene rings is 1. The molecule has 0 unspecified atom stereocenters. The van der Waals surface area contributed by atoms with Crippen LogP contribution in [0.25, 0.3) is 10.9 Å². The maximum Gasteiger partial charge on any atom is 0.404 e. The summed E-state index contributed by atoms with van der Waals surface area (Å²) in [6.07, 6.45) is 3.33. The number of fused-ring (bicyclic) bond motifs is 1. The summed E-state index contributed by atoms with van der Waals surface area (Å²) in [6.45, 7) is 0.454. The Bertz CT molecular complexity index is 795. The molecule has 0 N–H and O–H groups in total. The summed E-state index contributed by atoms with van der Waals surface area (Å²) in [7, 11) is 0. The highest BCUT2D eigenvalue weighted by molar-refractivity contribution is 9.10. The number of para-hydroxylation sites is 1. The third-order valence-electron chi connectivity index (χ3n) is 2.94. The molecular formula is C13H9BrN4O2. The molecule has 2 aromatic heterocycles. The number of hydrogen-bond donors (Lipinski definition) is 0. The van der Waals surface area contributed by atoms with Gasteiger partial charge in [0.05, 0.1) is 23.4 Å². The molecule has 7 heteroatoms. The summed E-state index contributed by atoms with van der Waals surface area (Å²) < 4.78 is 1.92. The van der Waals surface area contributed by atoms with Gasteiger partial charge in [-0.05, 0) is 38.5 Å². The lowest BCUT2D eigenvalue weighted by Crippen LogP contribution is -2.02. The van der Waals surface area contributed by atoms with Crippen molar-refractivity contribution in [1.29, 1.82) is 0 Å². The molecule has 0 saturated carbocycles. The normalized spacial score (nSPS) is 10.8. The molecule has 0 atom stereocenters. The quantitative estimate of drug-likeness (QED) is 0.545. The summed E-state index contributed by atoms with van der Waals surface area (Å²) in [6, 6.07) is 9.66. The second-order valence-corrected chi connectivity index (χ2v) is 5.10. The van der Waals surface area contributed by atoms with Gasteiger partial charge in [-0.2, -0.15) is 4.68 Å². The largest absolute Gasteiger partial charge is 0.404 e. The van der Waals surface area contributed by atoms with Crippen molar-refractivity contribution < 1.29 is 4.92 Å². The van der Waals surface area contributed by atoms with E-state index < -0.39 is 4.92 Å². The molecule has 0 fully saturated rings. The van der Waals surface area contributed by atoms with Gasteiger partial charge in [-0.1, -0.05) is 18.2 Å². The minimum atomic E-state index is -0.509. The van der Waals surface area contributed by atoms with Crippen LogP contribution in [0.3, 0.4) is 0 Å². The fourth-order valence-electron chi connectivity index (χ4n) is 2.06. The van der Waals surface area contributed by atoms with Crippen molar-refractivity contribution in [3.05, 3.63) is 62.9 Å². The van der Waals surface area contributed by atoms with Crippen molar-refractivity contribution in [2.24, 2.45) is 0 Å². The van der Waals surface area contributed by atoms with Crippen LogP contribution in [-0.4, -0.2) is 19.7 Å². The Morgan fingerprint density at radius 1 is 1.30 bits per heavy atom. The molecule has 0 aliphatic carbocycles. The van der Waals surface area contributed by atoms with E-state index in [1.165, 1.54) is 0 Å². The maximum atomic E-state index is 10.8. The molecule has 0 amide bonds. The van der Waals surface area contributed by atoms with E-state index in [0.29, 0.717) is 11.0 Å². The standard InChI is InChI=1S/C13H9BrN4O2/c14-11-8-17(16-13(11)18(19)20)7-9-5-6-15-12-4-2-1-3-10(9)12/h1-6,8H,7H2. The van der Waals surface area contributed by atoms with Crippen LogP contribution >= 0.6 is 15.9 Å². The van der Waals surface area contributed by atoms with E-state index in [2.05, 4.69) is 26.0 Å². The zero-order chi connectivity index (χ0) is 14.1. The summed E-state index contributed by atoms with van der Waals surface area (Å²) in [4.78, 5) is 14.6. The van der Waals surface area contributed by atoms with Crippen LogP contribution in [0.2, 0.25) is 0 Å². The van der Waals surface area contributed by atoms with Gasteiger partial charge in [-0.15, -0.1) is 0 Å². The molecule has 0 saturated heterocycles. The van der Waals surface area contributed by atoms with Crippen molar-refractivity contribution in [3.8, 4) is 0 Å². The van der Waals surface area contributed by atoms with Gasteiger partial charge in [0.25, 0.3) is 0 Å². The Labute approximate surface area is 122 Å². The zero-order valence-electron chi connectivity index (χ0n) is 10.2. The van der Waals surface area contributed by atoms with Crippen LogP contribution in [0.4, 0.5) is 5.82 Å². The smallest absolute Gasteiger partial charge is 0.358 e. The Hall–Kier alpha value is -2.28. The predicted molar refractivity (Wildman–Crippen MR) is 77.4 cm³/mol. The second-order valence-electron chi connectivity index (χ2n) is 4.24. The number of rotatable bonds is 3. The van der Waals surface area contributed by atoms with Gasteiger partial charge < -0.3 is 10.1 Å². The number of nitro groups is 1. The highest BCUT2D eigenvalue weighted by atomic mass is 79.9. The first kappa shape index (κ1) is 12.7. The van der Waals surface area contributed by atoms with E-state index in [9.17, 15) is 10.1 Å². The molecular weight excluding hydrogens is 324 g/mol. The van der Waals surface area contributed by atoms with Crippen molar-refractivity contribution in [2.75, 3.05) is 0 Å². The molecule has 6 nitrogen and oxygen atoms in total. The number of pyridine rings is 1. The molecule has 100 valence electrons. The molecule has 20 heavy (non-hydrogen) atoms. The van der Waals surface area contributed by atoms with Crippen LogP contribution in [-0.2, 0) is 6.54 Å². The Morgan fingerprint density at radius 2 is 2.10 bits per heavy atom. The Kier molecular flexibility index (Phi) is 3.19. The van der Waals surface area contributed by atoms with Gasteiger partial charge >= 0.3 is 5.82 Å². The highest BCUT2D eigenvalue weighted by Gasteiger charge is 2.18. The lowest BCUT2D eigenvalue weighted by atomic mass is 10.1. The highest BCUT2D eigenvalue weighted by Crippen LogP contribution is 2.23. The van der Waals surface area contributed by atoms with Crippen LogP contribution in [0.5, 0.6) is 0 Å². The lowest BCUT2D eigenvalue weighted by molar-refractivity contribution is -0.390. The topological polar surface area (TPSA) is 73.8 Å². The predicted octanol–water partition coefficient (Wildman–Crippen LogP) is 3.15. The van der Waals surface area contributed by atoms with Gasteiger partial charge in [0, 0.05) is 11.6 Å². The molecule has 0 aliphatic heterocycles. The summed E-state index contributed by atoms with van der Waals surface area (Å²) in [5.41, 5.74) is 1.91. The van der Waals surface area contributed by atoms with Crippen LogP contribution in [0.15, 0.2) is 47.2 Å². The van der Waals surface area contributed by atoms with E-state index >= 15 is 0 Å². The molecule has 0 spiro atoms. The number of halogens is 1. The third kappa shape index (κ3) is 2.27. The van der Waals surface area contributed by atoms with Gasteiger partial charge in [-0.25, -0.2) is 0 Å². The maximum absolute atomic E-state index is 10.8. The van der Waals surface area contributed by atoms with Gasteiger partial charge in [0.2, 0.25) is 0 Å². The van der Waals surface area contributed by atoms with E-state index in [1.54, 1.807) is 17.1 Å². The molecule has 0 radical (unpaired) electrons. The third-order valence-corrected chi connectivity index (χ3v) is 3.50. The molecule has 2 heterocycles. The Balaban J connectivity index is 2.01. The van der Waals surface area contributed by atoms with Crippen LogP contribution in [0.1, 0.15) is 5.56 Å². The summed E-state index contributed by atoms with van der Waals surface area (Å²) in [5, 5.41) is 15.8. The van der Waals surface area contributed by atoms with E-state index in [-0.39, 0.29) is 5.82 Å². The average Bonchev–Trinajstić information content (AvgIpc) is 2.80. The number of aromatic nitrogens is 3. The van der Waals surface area contributed by atoms with Crippen molar-refractivity contribution in [1.82, 2.24) is 14.8 Å². The summed E-state index contributed by atoms with van der Waals surface area (Å²) in [5.74, 6) is -0.177. The molecule has 0 bridgehead atoms. The fourth-order valence-corrected chi connectivity index (χ4v) is 2.52. The minimum Gasteiger partial charge on any atom is -0.358 e. The van der Waals surface area contributed by atoms with E-state index in [0.717, 1.165) is 16.5 Å². The first-order chi connectivity index (χ1) is 9.65. The van der Waals surface area contributed by atoms with Gasteiger partial charge in [-0.3, -0.25) is 4.98 Å². The van der Waals surface area contributed by atoms with Crippen molar-refractivity contribution >= 4 is 32.7 Å². The first-order valence-electron chi connectivity index (χ1n) is 5.85. The van der Waals surface area contributed by atoms with Crippen molar-refractivity contribution in [3.63, 3.8) is 0 Å². The zero-order valence-corrected chi connectivity index (χ0v) is 11.8. The average molecular weight is 333 g/mol. The minimum absolute atomic E-state index is 0.177. The molecule has 3 rings (SSSR count). The van der Waals surface area contributed by atoms with Crippen LogP contribution < -0.4 is 0 Å². The SMILES string of the molecule is O=[N+]([O-])c1nn(Cc2ccnc3ccccc23)cc1Br. The number of hydrogen-bond acceptors (Lipinski definition) is 4. The lowest BCUT2D eigenvalue weighted by Gasteiger charge is -2.03.